The van der Waals surface area contributed by atoms with Crippen molar-refractivity contribution in [2.45, 2.75) is 38.7 Å². The van der Waals surface area contributed by atoms with Gasteiger partial charge in [0, 0.05) is 36.3 Å². The number of pyridine rings is 1. The molecule has 0 radical (unpaired) electrons. The summed E-state index contributed by atoms with van der Waals surface area (Å²) >= 11 is 0. The van der Waals surface area contributed by atoms with E-state index < -0.39 is 0 Å². The number of hydrogen-bond acceptors (Lipinski definition) is 5. The number of nitrogens with zero attached hydrogens (tertiary/aromatic N) is 4. The Hall–Kier alpha value is -2.88. The number of ether oxygens (including phenoxy) is 1. The standard InChI is InChI=1S/C18H21N5O2/c1-18(2,3)15-8-14(21-22-15)17(24)23-7-6-13(11-23)25-16-5-4-12(9-19)10-20-16/h4-5,8,10,13H,6-7,11H2,1-3H3,(H,21,22). The minimum absolute atomic E-state index is 0.0799. The fraction of sp³-hybridized carbons (Fsp3) is 0.444. The topological polar surface area (TPSA) is 94.9 Å². The summed E-state index contributed by atoms with van der Waals surface area (Å²) < 4.78 is 5.81. The van der Waals surface area contributed by atoms with Gasteiger partial charge < -0.3 is 9.64 Å². The summed E-state index contributed by atoms with van der Waals surface area (Å²) in [6.07, 6.45) is 2.11. The van der Waals surface area contributed by atoms with Crippen molar-refractivity contribution in [2.24, 2.45) is 0 Å². The lowest BCUT2D eigenvalue weighted by Crippen LogP contribution is -2.31. The zero-order valence-corrected chi connectivity index (χ0v) is 14.6. The number of carbonyl (C=O) groups excluding carboxylic acids is 1. The molecule has 0 aromatic carbocycles. The van der Waals surface area contributed by atoms with Crippen LogP contribution in [0.3, 0.4) is 0 Å². The Kier molecular flexibility index (Phi) is 4.45. The smallest absolute Gasteiger partial charge is 0.274 e. The van der Waals surface area contributed by atoms with Crippen molar-refractivity contribution in [3.63, 3.8) is 0 Å². The molecule has 25 heavy (non-hydrogen) atoms. The molecule has 3 rings (SSSR count). The Balaban J connectivity index is 1.61. The molecule has 2 aromatic rings. The summed E-state index contributed by atoms with van der Waals surface area (Å²) in [4.78, 5) is 18.5. The highest BCUT2D eigenvalue weighted by Gasteiger charge is 2.30. The molecule has 0 bridgehead atoms. The highest BCUT2D eigenvalue weighted by molar-refractivity contribution is 5.92. The number of likely N-dealkylation sites (tertiary alicyclic amines) is 1. The number of aromatic amines is 1. The van der Waals surface area contributed by atoms with Gasteiger partial charge in [0.1, 0.15) is 17.9 Å². The van der Waals surface area contributed by atoms with E-state index in [2.05, 4.69) is 36.0 Å². The SMILES string of the molecule is CC(C)(C)c1cc(C(=O)N2CCC(Oc3ccc(C#N)cn3)C2)n[nH]1. The molecule has 7 heteroatoms. The highest BCUT2D eigenvalue weighted by atomic mass is 16.5. The van der Waals surface area contributed by atoms with E-state index in [0.717, 1.165) is 12.1 Å². The Morgan fingerprint density at radius 2 is 2.24 bits per heavy atom. The summed E-state index contributed by atoms with van der Waals surface area (Å²) in [5.41, 5.74) is 1.78. The van der Waals surface area contributed by atoms with E-state index in [0.29, 0.717) is 30.2 Å². The second-order valence-corrected chi connectivity index (χ2v) is 7.19. The second kappa shape index (κ2) is 6.55. The van der Waals surface area contributed by atoms with Crippen LogP contribution >= 0.6 is 0 Å². The molecular weight excluding hydrogens is 318 g/mol. The maximum Gasteiger partial charge on any atom is 0.274 e. The van der Waals surface area contributed by atoms with E-state index in [1.807, 2.05) is 12.1 Å². The van der Waals surface area contributed by atoms with Crippen LogP contribution in [0.4, 0.5) is 0 Å². The number of amides is 1. The van der Waals surface area contributed by atoms with E-state index in [4.69, 9.17) is 10.00 Å². The van der Waals surface area contributed by atoms with Gasteiger partial charge in [-0.25, -0.2) is 4.98 Å². The lowest BCUT2D eigenvalue weighted by molar-refractivity contribution is 0.0765. The van der Waals surface area contributed by atoms with Gasteiger partial charge in [-0.3, -0.25) is 9.89 Å². The molecule has 1 unspecified atom stereocenters. The molecule has 1 amide bonds. The largest absolute Gasteiger partial charge is 0.472 e. The first-order chi connectivity index (χ1) is 11.9. The van der Waals surface area contributed by atoms with Gasteiger partial charge in [0.2, 0.25) is 5.88 Å². The molecule has 3 heterocycles. The third kappa shape index (κ3) is 3.79. The Morgan fingerprint density at radius 1 is 1.44 bits per heavy atom. The molecule has 1 atom stereocenters. The van der Waals surface area contributed by atoms with Crippen molar-refractivity contribution in [1.29, 1.82) is 5.26 Å². The van der Waals surface area contributed by atoms with Crippen LogP contribution < -0.4 is 4.74 Å². The molecule has 0 saturated carbocycles. The minimum atomic E-state index is -0.106. The maximum absolute atomic E-state index is 12.6. The molecule has 1 saturated heterocycles. The van der Waals surface area contributed by atoms with Gasteiger partial charge in [-0.1, -0.05) is 20.8 Å². The molecule has 7 nitrogen and oxygen atoms in total. The molecule has 0 spiro atoms. The predicted molar refractivity (Wildman–Crippen MR) is 91.2 cm³/mol. The summed E-state index contributed by atoms with van der Waals surface area (Å²) in [6.45, 7) is 7.33. The van der Waals surface area contributed by atoms with Gasteiger partial charge in [-0.05, 0) is 12.1 Å². The summed E-state index contributed by atoms with van der Waals surface area (Å²) in [6, 6.07) is 7.18. The van der Waals surface area contributed by atoms with Gasteiger partial charge in [0.15, 0.2) is 0 Å². The third-order valence-electron chi connectivity index (χ3n) is 4.19. The number of H-pyrrole nitrogens is 1. The van der Waals surface area contributed by atoms with E-state index in [1.54, 1.807) is 17.0 Å². The first kappa shape index (κ1) is 17.0. The Labute approximate surface area is 146 Å². The zero-order valence-electron chi connectivity index (χ0n) is 14.6. The molecule has 1 aliphatic heterocycles. The summed E-state index contributed by atoms with van der Waals surface area (Å²) in [7, 11) is 0. The predicted octanol–water partition coefficient (Wildman–Crippen LogP) is 2.27. The van der Waals surface area contributed by atoms with Crippen molar-refractivity contribution >= 4 is 5.91 Å². The van der Waals surface area contributed by atoms with Crippen molar-refractivity contribution in [3.05, 3.63) is 41.3 Å². The summed E-state index contributed by atoms with van der Waals surface area (Å²) in [5, 5.41) is 15.9. The molecule has 1 N–H and O–H groups in total. The molecule has 0 aliphatic carbocycles. The molecular formula is C18H21N5O2. The van der Waals surface area contributed by atoms with Gasteiger partial charge in [0.25, 0.3) is 5.91 Å². The highest BCUT2D eigenvalue weighted by Crippen LogP contribution is 2.22. The van der Waals surface area contributed by atoms with E-state index >= 15 is 0 Å². The average molecular weight is 339 g/mol. The minimum Gasteiger partial charge on any atom is -0.472 e. The van der Waals surface area contributed by atoms with Crippen molar-refractivity contribution in [3.8, 4) is 11.9 Å². The third-order valence-corrected chi connectivity index (χ3v) is 4.19. The second-order valence-electron chi connectivity index (χ2n) is 7.19. The monoisotopic (exact) mass is 339 g/mol. The van der Waals surface area contributed by atoms with Gasteiger partial charge in [0.05, 0.1) is 12.1 Å². The zero-order chi connectivity index (χ0) is 18.0. The first-order valence-corrected chi connectivity index (χ1v) is 8.25. The summed E-state index contributed by atoms with van der Waals surface area (Å²) in [5.74, 6) is 0.374. The first-order valence-electron chi connectivity index (χ1n) is 8.25. The quantitative estimate of drug-likeness (QED) is 0.925. The van der Waals surface area contributed by atoms with Gasteiger partial charge in [-0.2, -0.15) is 10.4 Å². The lowest BCUT2D eigenvalue weighted by atomic mass is 9.92. The van der Waals surface area contributed by atoms with Crippen LogP contribution in [0.5, 0.6) is 5.88 Å². The van der Waals surface area contributed by atoms with Crippen LogP contribution in [0.1, 0.15) is 48.9 Å². The van der Waals surface area contributed by atoms with Crippen LogP contribution in [-0.4, -0.2) is 45.2 Å². The number of nitriles is 1. The molecule has 130 valence electrons. The van der Waals surface area contributed by atoms with Crippen molar-refractivity contribution in [1.82, 2.24) is 20.1 Å². The number of hydrogen-bond donors (Lipinski definition) is 1. The van der Waals surface area contributed by atoms with E-state index in [9.17, 15) is 4.79 Å². The van der Waals surface area contributed by atoms with Crippen LogP contribution in [0.2, 0.25) is 0 Å². The molecule has 1 fully saturated rings. The maximum atomic E-state index is 12.6. The van der Waals surface area contributed by atoms with Crippen LogP contribution in [0.25, 0.3) is 0 Å². The van der Waals surface area contributed by atoms with Crippen LogP contribution in [-0.2, 0) is 5.41 Å². The van der Waals surface area contributed by atoms with Crippen LogP contribution in [0, 0.1) is 11.3 Å². The van der Waals surface area contributed by atoms with E-state index in [1.165, 1.54) is 6.20 Å². The number of rotatable bonds is 3. The molecule has 2 aromatic heterocycles. The van der Waals surface area contributed by atoms with Crippen molar-refractivity contribution < 1.29 is 9.53 Å². The number of carbonyl (C=O) groups is 1. The van der Waals surface area contributed by atoms with Gasteiger partial charge >= 0.3 is 0 Å². The number of nitrogens with one attached hydrogen (secondary N) is 1. The van der Waals surface area contributed by atoms with E-state index in [-0.39, 0.29) is 17.4 Å². The lowest BCUT2D eigenvalue weighted by Gasteiger charge is -2.16. The Bertz CT molecular complexity index is 798. The van der Waals surface area contributed by atoms with Crippen molar-refractivity contribution in [2.75, 3.05) is 13.1 Å². The average Bonchev–Trinajstić information content (AvgIpc) is 3.24. The van der Waals surface area contributed by atoms with Crippen LogP contribution in [0.15, 0.2) is 24.4 Å². The fourth-order valence-electron chi connectivity index (χ4n) is 2.67. The molecule has 1 aliphatic rings. The normalized spacial score (nSPS) is 17.4. The number of aromatic nitrogens is 3. The fourth-order valence-corrected chi connectivity index (χ4v) is 2.67. The Morgan fingerprint density at radius 3 is 2.84 bits per heavy atom. The van der Waals surface area contributed by atoms with Gasteiger partial charge in [-0.15, -0.1) is 0 Å².